The molecule has 1 atom stereocenters. The van der Waals surface area contributed by atoms with Gasteiger partial charge in [0.1, 0.15) is 39.5 Å². The number of aromatic amines is 1. The van der Waals surface area contributed by atoms with Crippen molar-refractivity contribution >= 4 is 34.2 Å². The van der Waals surface area contributed by atoms with Crippen molar-refractivity contribution in [2.75, 3.05) is 15.8 Å². The van der Waals surface area contributed by atoms with Gasteiger partial charge in [-0.3, -0.25) is 14.9 Å². The van der Waals surface area contributed by atoms with Crippen molar-refractivity contribution in [2.45, 2.75) is 39.2 Å². The molecule has 2 aromatic carbocycles. The Bertz CT molecular complexity index is 1460. The molecule has 204 valence electrons. The van der Waals surface area contributed by atoms with Gasteiger partial charge in [0.15, 0.2) is 5.82 Å². The predicted molar refractivity (Wildman–Crippen MR) is 149 cm³/mol. The highest BCUT2D eigenvalue weighted by molar-refractivity contribution is 7.86. The van der Waals surface area contributed by atoms with Crippen molar-refractivity contribution in [3.63, 3.8) is 0 Å². The number of nitrogens with zero attached hydrogens (tertiary/aromatic N) is 3. The minimum Gasteiger partial charge on any atom is -0.480 e. The van der Waals surface area contributed by atoms with E-state index in [0.717, 1.165) is 18.4 Å². The van der Waals surface area contributed by atoms with Gasteiger partial charge in [-0.05, 0) is 42.7 Å². The minimum absolute atomic E-state index is 0.133. The average molecular weight is 552 g/mol. The number of amides is 1. The van der Waals surface area contributed by atoms with Gasteiger partial charge >= 0.3 is 0 Å². The zero-order valence-electron chi connectivity index (χ0n) is 21.8. The predicted octanol–water partition coefficient (Wildman–Crippen LogP) is 5.04. The fraction of sp³-hybridized carbons (Fsp3) is 0.259. The third kappa shape index (κ3) is 6.23. The first-order valence-corrected chi connectivity index (χ1v) is 13.9. The van der Waals surface area contributed by atoms with Gasteiger partial charge in [-0.1, -0.05) is 39.0 Å². The number of benzene rings is 2. The molecule has 0 radical (unpaired) electrons. The van der Waals surface area contributed by atoms with Gasteiger partial charge in [0, 0.05) is 23.7 Å². The van der Waals surface area contributed by atoms with Crippen LogP contribution in [-0.2, 0) is 16.6 Å². The summed E-state index contributed by atoms with van der Waals surface area (Å²) >= 11 is 0. The van der Waals surface area contributed by atoms with Gasteiger partial charge in [-0.15, -0.1) is 0 Å². The van der Waals surface area contributed by atoms with E-state index in [9.17, 15) is 13.4 Å². The first kappa shape index (κ1) is 27.7. The molecule has 1 aliphatic rings. The van der Waals surface area contributed by atoms with Gasteiger partial charge in [0.05, 0.1) is 17.6 Å². The number of primary amides is 1. The third-order valence-electron chi connectivity index (χ3n) is 5.96. The summed E-state index contributed by atoms with van der Waals surface area (Å²) in [7, 11) is -1.32. The number of hydrogen-bond acceptors (Lipinski definition) is 7. The molecule has 1 unspecified atom stereocenters. The van der Waals surface area contributed by atoms with Crippen molar-refractivity contribution in [2.24, 2.45) is 5.73 Å². The lowest BCUT2D eigenvalue weighted by Gasteiger charge is -2.22. The monoisotopic (exact) mass is 551 g/mol. The van der Waals surface area contributed by atoms with Gasteiger partial charge in [0.2, 0.25) is 0 Å². The highest BCUT2D eigenvalue weighted by Crippen LogP contribution is 2.51. The molecular formula is C27H30FN7O3S. The van der Waals surface area contributed by atoms with E-state index in [1.165, 1.54) is 30.7 Å². The Morgan fingerprint density at radius 2 is 1.92 bits per heavy atom. The maximum Gasteiger partial charge on any atom is 0.254 e. The van der Waals surface area contributed by atoms with Crippen LogP contribution in [0.5, 0.6) is 5.75 Å². The maximum atomic E-state index is 13.5. The zero-order chi connectivity index (χ0) is 28.0. The Hall–Kier alpha value is -4.32. The fourth-order valence-corrected chi connectivity index (χ4v) is 4.49. The second-order valence-corrected chi connectivity index (χ2v) is 9.93. The van der Waals surface area contributed by atoms with Crippen LogP contribution in [0.4, 0.5) is 21.7 Å². The number of carbonyl (C=O) groups is 1. The molecule has 12 heteroatoms. The molecule has 1 fully saturated rings. The molecular weight excluding hydrogens is 521 g/mol. The lowest BCUT2D eigenvalue weighted by molar-refractivity contribution is 0.100. The molecule has 4 aromatic rings. The summed E-state index contributed by atoms with van der Waals surface area (Å²) in [5.41, 5.74) is 7.53. The summed E-state index contributed by atoms with van der Waals surface area (Å²) in [5, 5.41) is 10.0. The van der Waals surface area contributed by atoms with Crippen molar-refractivity contribution < 1.29 is 18.1 Å². The first-order chi connectivity index (χ1) is 18.9. The van der Waals surface area contributed by atoms with Gasteiger partial charge in [0.25, 0.3) is 5.91 Å². The first-order valence-electron chi connectivity index (χ1n) is 12.5. The number of nitrogens with one attached hydrogen (secondary N) is 3. The second-order valence-electron chi connectivity index (χ2n) is 8.45. The molecule has 5 rings (SSSR count). The van der Waals surface area contributed by atoms with Crippen LogP contribution in [0.15, 0.2) is 61.1 Å². The van der Waals surface area contributed by atoms with E-state index in [2.05, 4.69) is 30.2 Å². The van der Waals surface area contributed by atoms with Crippen LogP contribution in [-0.4, -0.2) is 36.0 Å². The van der Waals surface area contributed by atoms with Crippen LogP contribution in [0, 0.1) is 5.82 Å². The Morgan fingerprint density at radius 1 is 1.18 bits per heavy atom. The molecule has 2 aromatic heterocycles. The molecule has 1 saturated carbocycles. The highest BCUT2D eigenvalue weighted by Gasteiger charge is 2.47. The minimum atomic E-state index is -1.32. The SMILES string of the molecule is CC.CCS(=O)Nc1ccc(-c2[nH]nc(Nc3cnccn3)c2C(N)=O)cc1OC1(c2ccc(F)cc2)CC1. The lowest BCUT2D eigenvalue weighted by atomic mass is 10.0. The van der Waals surface area contributed by atoms with Gasteiger partial charge in [-0.25, -0.2) is 13.6 Å². The van der Waals surface area contributed by atoms with E-state index in [1.54, 1.807) is 37.3 Å². The summed E-state index contributed by atoms with van der Waals surface area (Å²) in [6.45, 7) is 5.80. The van der Waals surface area contributed by atoms with Crippen LogP contribution in [0.2, 0.25) is 0 Å². The smallest absolute Gasteiger partial charge is 0.254 e. The van der Waals surface area contributed by atoms with Crippen LogP contribution in [0.25, 0.3) is 11.3 Å². The van der Waals surface area contributed by atoms with E-state index in [0.29, 0.717) is 34.3 Å². The van der Waals surface area contributed by atoms with Crippen LogP contribution >= 0.6 is 0 Å². The number of H-pyrrole nitrogens is 1. The van der Waals surface area contributed by atoms with Crippen molar-refractivity contribution in [1.82, 2.24) is 20.2 Å². The van der Waals surface area contributed by atoms with E-state index in [1.807, 2.05) is 13.8 Å². The zero-order valence-corrected chi connectivity index (χ0v) is 22.6. The standard InChI is InChI=1S/C25H24FN7O3S.C2H6/c1-2-37(35)33-18-8-3-15(13-19(18)36-25(9-10-25)16-4-6-17(26)7-5-16)22-21(23(27)34)24(32-31-22)30-20-14-28-11-12-29-20;1-2/h3-8,11-14,33H,2,9-10H2,1H3,(H2,27,34)(H2,29,30,31,32);1-2H3. The number of halogens is 1. The summed E-state index contributed by atoms with van der Waals surface area (Å²) < 4.78 is 35.3. The molecule has 0 saturated heterocycles. The van der Waals surface area contributed by atoms with Crippen molar-refractivity contribution in [3.05, 3.63) is 78.0 Å². The Kier molecular flexibility index (Phi) is 8.55. The molecule has 39 heavy (non-hydrogen) atoms. The number of carbonyl (C=O) groups excluding carboxylic acids is 1. The molecule has 10 nitrogen and oxygen atoms in total. The fourth-order valence-electron chi connectivity index (χ4n) is 3.93. The number of nitrogens with two attached hydrogens (primary N) is 1. The Balaban J connectivity index is 0.00000172. The lowest BCUT2D eigenvalue weighted by Crippen LogP contribution is -2.17. The van der Waals surface area contributed by atoms with Crippen molar-refractivity contribution in [3.8, 4) is 17.0 Å². The molecule has 1 aliphatic carbocycles. The molecule has 2 heterocycles. The number of ether oxygens (including phenoxy) is 1. The maximum absolute atomic E-state index is 13.5. The van der Waals surface area contributed by atoms with E-state index in [4.69, 9.17) is 10.5 Å². The van der Waals surface area contributed by atoms with Crippen molar-refractivity contribution in [1.29, 1.82) is 0 Å². The topological polar surface area (TPSA) is 148 Å². The molecule has 0 spiro atoms. The van der Waals surface area contributed by atoms with E-state index >= 15 is 0 Å². The molecule has 0 aliphatic heterocycles. The molecule has 0 bridgehead atoms. The summed E-state index contributed by atoms with van der Waals surface area (Å²) in [6.07, 6.45) is 6.00. The summed E-state index contributed by atoms with van der Waals surface area (Å²) in [5.74, 6) is 0.389. The number of anilines is 3. The number of hydrogen-bond donors (Lipinski definition) is 4. The van der Waals surface area contributed by atoms with Gasteiger partial charge in [-0.2, -0.15) is 5.10 Å². The van der Waals surface area contributed by atoms with Gasteiger partial charge < -0.3 is 20.5 Å². The van der Waals surface area contributed by atoms with Crippen LogP contribution in [0.3, 0.4) is 0 Å². The van der Waals surface area contributed by atoms with Crippen LogP contribution < -0.4 is 20.5 Å². The van der Waals surface area contributed by atoms with Crippen LogP contribution in [0.1, 0.15) is 49.5 Å². The normalized spacial score (nSPS) is 13.9. The largest absolute Gasteiger partial charge is 0.480 e. The Labute approximate surface area is 228 Å². The third-order valence-corrected chi connectivity index (χ3v) is 6.93. The highest BCUT2D eigenvalue weighted by atomic mass is 32.2. The summed E-state index contributed by atoms with van der Waals surface area (Å²) in [6, 6.07) is 11.4. The van der Waals surface area contributed by atoms with E-state index in [-0.39, 0.29) is 17.2 Å². The van der Waals surface area contributed by atoms with E-state index < -0.39 is 22.5 Å². The quantitative estimate of drug-likeness (QED) is 0.216. The molecule has 1 amide bonds. The average Bonchev–Trinajstić information content (AvgIpc) is 3.61. The molecule has 5 N–H and O–H groups in total. The Morgan fingerprint density at radius 3 is 2.54 bits per heavy atom. The summed E-state index contributed by atoms with van der Waals surface area (Å²) in [4.78, 5) is 20.6. The number of aromatic nitrogens is 4. The second kappa shape index (κ2) is 12.0. The number of rotatable bonds is 10.